The van der Waals surface area contributed by atoms with Gasteiger partial charge in [0.2, 0.25) is 15.9 Å². The van der Waals surface area contributed by atoms with Crippen LogP contribution >= 0.6 is 0 Å². The monoisotopic (exact) mass is 383 g/mol. The van der Waals surface area contributed by atoms with Crippen molar-refractivity contribution in [3.8, 4) is 5.75 Å². The Kier molecular flexibility index (Phi) is 7.40. The van der Waals surface area contributed by atoms with E-state index in [0.717, 1.165) is 13.0 Å². The molecule has 0 spiro atoms. The number of methoxy groups -OCH3 is 1. The number of carbonyl (C=O) groups is 2. The molecule has 0 bridgehead atoms. The molecule has 1 fully saturated rings. The Hall–Kier alpha value is -2.13. The van der Waals surface area contributed by atoms with E-state index in [1.807, 2.05) is 0 Å². The molecule has 0 aliphatic carbocycles. The standard InChI is InChI=1S/C17H25N3O5S/c1-25-15-6-2-5-14(13-15)17(22)18-9-12-26(23,24)19-8-4-11-20-10-3-7-16(20)21/h2,5-6,13,19H,3-4,7-12H2,1H3,(H,18,22). The molecule has 0 aromatic heterocycles. The second kappa shape index (κ2) is 9.54. The summed E-state index contributed by atoms with van der Waals surface area (Å²) in [6.07, 6.45) is 2.03. The van der Waals surface area contributed by atoms with Gasteiger partial charge in [0.1, 0.15) is 5.75 Å². The van der Waals surface area contributed by atoms with Crippen LogP contribution < -0.4 is 14.8 Å². The second-order valence-corrected chi connectivity index (χ2v) is 7.97. The van der Waals surface area contributed by atoms with E-state index < -0.39 is 10.0 Å². The van der Waals surface area contributed by atoms with E-state index in [9.17, 15) is 18.0 Å². The maximum absolute atomic E-state index is 12.0. The first kappa shape index (κ1) is 20.2. The maximum Gasteiger partial charge on any atom is 0.251 e. The van der Waals surface area contributed by atoms with E-state index in [4.69, 9.17) is 4.74 Å². The van der Waals surface area contributed by atoms with Gasteiger partial charge in [-0.1, -0.05) is 6.07 Å². The van der Waals surface area contributed by atoms with E-state index in [0.29, 0.717) is 30.7 Å². The summed E-state index contributed by atoms with van der Waals surface area (Å²) in [5, 5.41) is 2.58. The molecule has 0 atom stereocenters. The van der Waals surface area contributed by atoms with Crippen molar-refractivity contribution < 1.29 is 22.7 Å². The Morgan fingerprint density at radius 1 is 1.31 bits per heavy atom. The van der Waals surface area contributed by atoms with Crippen LogP contribution in [0.3, 0.4) is 0 Å². The van der Waals surface area contributed by atoms with Gasteiger partial charge in [-0.3, -0.25) is 9.59 Å². The fourth-order valence-electron chi connectivity index (χ4n) is 2.68. The molecule has 2 N–H and O–H groups in total. The third kappa shape index (κ3) is 6.30. The lowest BCUT2D eigenvalue weighted by Crippen LogP contribution is -2.36. The highest BCUT2D eigenvalue weighted by molar-refractivity contribution is 7.89. The molecular formula is C17H25N3O5S. The zero-order valence-corrected chi connectivity index (χ0v) is 15.7. The van der Waals surface area contributed by atoms with E-state index in [-0.39, 0.29) is 30.7 Å². The van der Waals surface area contributed by atoms with E-state index in [2.05, 4.69) is 10.0 Å². The van der Waals surface area contributed by atoms with Gasteiger partial charge in [0.05, 0.1) is 12.9 Å². The maximum atomic E-state index is 12.0. The summed E-state index contributed by atoms with van der Waals surface area (Å²) in [6, 6.07) is 6.63. The molecule has 1 aromatic rings. The van der Waals surface area contributed by atoms with Gasteiger partial charge in [0.15, 0.2) is 0 Å². The number of sulfonamides is 1. The summed E-state index contributed by atoms with van der Waals surface area (Å²) >= 11 is 0. The van der Waals surface area contributed by atoms with Gasteiger partial charge in [-0.2, -0.15) is 0 Å². The highest BCUT2D eigenvalue weighted by Gasteiger charge is 2.19. The van der Waals surface area contributed by atoms with Gasteiger partial charge in [0.25, 0.3) is 5.91 Å². The first-order valence-corrected chi connectivity index (χ1v) is 10.2. The van der Waals surface area contributed by atoms with Crippen LogP contribution in [0.2, 0.25) is 0 Å². The average molecular weight is 383 g/mol. The van der Waals surface area contributed by atoms with Gasteiger partial charge in [0, 0.05) is 38.2 Å². The fourth-order valence-corrected chi connectivity index (χ4v) is 3.65. The van der Waals surface area contributed by atoms with Crippen molar-refractivity contribution in [2.45, 2.75) is 19.3 Å². The number of benzene rings is 1. The number of hydrogen-bond acceptors (Lipinski definition) is 5. The molecule has 1 aromatic carbocycles. The highest BCUT2D eigenvalue weighted by Crippen LogP contribution is 2.12. The molecular weight excluding hydrogens is 358 g/mol. The molecule has 144 valence electrons. The van der Waals surface area contributed by atoms with Gasteiger partial charge in [-0.05, 0) is 31.0 Å². The number of ether oxygens (including phenoxy) is 1. The summed E-state index contributed by atoms with van der Waals surface area (Å²) in [5.74, 6) is 0.133. The summed E-state index contributed by atoms with van der Waals surface area (Å²) in [6.45, 7) is 1.60. The third-order valence-corrected chi connectivity index (χ3v) is 5.47. The van der Waals surface area contributed by atoms with Crippen LogP contribution in [0.5, 0.6) is 5.75 Å². The van der Waals surface area contributed by atoms with Crippen molar-refractivity contribution in [1.29, 1.82) is 0 Å². The molecule has 8 nitrogen and oxygen atoms in total. The third-order valence-electron chi connectivity index (χ3n) is 4.09. The molecule has 1 aliphatic heterocycles. The number of nitrogens with one attached hydrogen (secondary N) is 2. The fraction of sp³-hybridized carbons (Fsp3) is 0.529. The number of hydrogen-bond donors (Lipinski definition) is 2. The summed E-state index contributed by atoms with van der Waals surface area (Å²) in [7, 11) is -1.97. The van der Waals surface area contributed by atoms with Gasteiger partial charge in [-0.25, -0.2) is 13.1 Å². The molecule has 2 amide bonds. The Bertz CT molecular complexity index is 736. The van der Waals surface area contributed by atoms with Crippen molar-refractivity contribution in [3.63, 3.8) is 0 Å². The van der Waals surface area contributed by atoms with Crippen LogP contribution in [0.25, 0.3) is 0 Å². The summed E-state index contributed by atoms with van der Waals surface area (Å²) in [4.78, 5) is 25.2. The van der Waals surface area contributed by atoms with Crippen molar-refractivity contribution in [1.82, 2.24) is 14.9 Å². The van der Waals surface area contributed by atoms with Crippen LogP contribution in [-0.2, 0) is 14.8 Å². The molecule has 2 rings (SSSR count). The van der Waals surface area contributed by atoms with Crippen molar-refractivity contribution >= 4 is 21.8 Å². The number of likely N-dealkylation sites (tertiary alicyclic amines) is 1. The van der Waals surface area contributed by atoms with Crippen LogP contribution in [-0.4, -0.2) is 64.2 Å². The van der Waals surface area contributed by atoms with Crippen molar-refractivity contribution in [3.05, 3.63) is 29.8 Å². The predicted molar refractivity (Wildman–Crippen MR) is 97.5 cm³/mol. The number of amides is 2. The first-order chi connectivity index (χ1) is 12.4. The molecule has 1 heterocycles. The molecule has 9 heteroatoms. The Morgan fingerprint density at radius 3 is 2.81 bits per heavy atom. The molecule has 0 unspecified atom stereocenters. The smallest absolute Gasteiger partial charge is 0.251 e. The van der Waals surface area contributed by atoms with E-state index >= 15 is 0 Å². The molecule has 26 heavy (non-hydrogen) atoms. The summed E-state index contributed by atoms with van der Waals surface area (Å²) in [5.41, 5.74) is 0.407. The lowest BCUT2D eigenvalue weighted by atomic mass is 10.2. The molecule has 0 saturated carbocycles. The molecule has 0 radical (unpaired) electrons. The molecule has 1 saturated heterocycles. The Labute approximate surface area is 153 Å². The minimum Gasteiger partial charge on any atom is -0.497 e. The van der Waals surface area contributed by atoms with Crippen LogP contribution in [0.1, 0.15) is 29.6 Å². The minimum absolute atomic E-state index is 0.00991. The highest BCUT2D eigenvalue weighted by atomic mass is 32.2. The lowest BCUT2D eigenvalue weighted by molar-refractivity contribution is -0.127. The number of carbonyl (C=O) groups excluding carboxylic acids is 2. The number of rotatable bonds is 10. The van der Waals surface area contributed by atoms with Gasteiger partial charge < -0.3 is 15.0 Å². The van der Waals surface area contributed by atoms with Crippen molar-refractivity contribution in [2.75, 3.05) is 39.0 Å². The minimum atomic E-state index is -3.47. The van der Waals surface area contributed by atoms with E-state index in [1.165, 1.54) is 7.11 Å². The van der Waals surface area contributed by atoms with Crippen LogP contribution in [0, 0.1) is 0 Å². The van der Waals surface area contributed by atoms with Crippen molar-refractivity contribution in [2.24, 2.45) is 0 Å². The summed E-state index contributed by atoms with van der Waals surface area (Å²) < 4.78 is 31.4. The first-order valence-electron chi connectivity index (χ1n) is 8.58. The number of nitrogens with zero attached hydrogens (tertiary/aromatic N) is 1. The zero-order chi connectivity index (χ0) is 19.0. The van der Waals surface area contributed by atoms with Gasteiger partial charge >= 0.3 is 0 Å². The largest absolute Gasteiger partial charge is 0.497 e. The van der Waals surface area contributed by atoms with Crippen LogP contribution in [0.15, 0.2) is 24.3 Å². The normalized spacial score (nSPS) is 14.5. The molecule has 1 aliphatic rings. The van der Waals surface area contributed by atoms with Gasteiger partial charge in [-0.15, -0.1) is 0 Å². The SMILES string of the molecule is COc1cccc(C(=O)NCCS(=O)(=O)NCCCN2CCCC2=O)c1. The topological polar surface area (TPSA) is 105 Å². The second-order valence-electron chi connectivity index (χ2n) is 6.04. The lowest BCUT2D eigenvalue weighted by Gasteiger charge is -2.15. The van der Waals surface area contributed by atoms with Crippen LogP contribution in [0.4, 0.5) is 0 Å². The quantitative estimate of drug-likeness (QED) is 0.568. The van der Waals surface area contributed by atoms with E-state index in [1.54, 1.807) is 29.2 Å². The zero-order valence-electron chi connectivity index (χ0n) is 14.9. The predicted octanol–water partition coefficient (Wildman–Crippen LogP) is 0.357. The average Bonchev–Trinajstić information content (AvgIpc) is 3.03. The Balaban J connectivity index is 1.67. The Morgan fingerprint density at radius 2 is 2.12 bits per heavy atom.